The number of hydrogen-bond donors (Lipinski definition) is 1. The molecule has 1 aliphatic rings. The lowest BCUT2D eigenvalue weighted by Crippen LogP contribution is -2.44. The summed E-state index contributed by atoms with van der Waals surface area (Å²) in [5, 5.41) is 0.439. The van der Waals surface area contributed by atoms with E-state index in [1.54, 1.807) is 17.8 Å². The lowest BCUT2D eigenvalue weighted by molar-refractivity contribution is 0.368. The minimum absolute atomic E-state index is 0.0103. The number of nitrogens with zero attached hydrogens (tertiary/aromatic N) is 1. The summed E-state index contributed by atoms with van der Waals surface area (Å²) in [6.07, 6.45) is 0. The Labute approximate surface area is 117 Å². The Kier molecular flexibility index (Phi) is 4.11. The first-order chi connectivity index (χ1) is 8.43. The van der Waals surface area contributed by atoms with Crippen molar-refractivity contribution in [1.82, 2.24) is 4.31 Å². The maximum Gasteiger partial charge on any atom is 0.245 e. The van der Waals surface area contributed by atoms with Gasteiger partial charge < -0.3 is 5.73 Å². The van der Waals surface area contributed by atoms with E-state index in [0.717, 1.165) is 11.5 Å². The summed E-state index contributed by atoms with van der Waals surface area (Å²) < 4.78 is 26.6. The van der Waals surface area contributed by atoms with Crippen molar-refractivity contribution in [2.75, 3.05) is 23.8 Å². The van der Waals surface area contributed by atoms with Gasteiger partial charge in [-0.25, -0.2) is 8.42 Å². The third kappa shape index (κ3) is 2.61. The monoisotopic (exact) mass is 306 g/mol. The zero-order valence-corrected chi connectivity index (χ0v) is 12.4. The van der Waals surface area contributed by atoms with Crippen molar-refractivity contribution in [1.29, 1.82) is 0 Å². The van der Waals surface area contributed by atoms with Gasteiger partial charge >= 0.3 is 0 Å². The number of anilines is 1. The van der Waals surface area contributed by atoms with Gasteiger partial charge in [-0.1, -0.05) is 11.6 Å². The number of thioether (sulfide) groups is 1. The Balaban J connectivity index is 2.41. The second kappa shape index (κ2) is 5.28. The van der Waals surface area contributed by atoms with Gasteiger partial charge in [-0.3, -0.25) is 0 Å². The largest absolute Gasteiger partial charge is 0.398 e. The van der Waals surface area contributed by atoms with Gasteiger partial charge in [-0.05, 0) is 25.1 Å². The van der Waals surface area contributed by atoms with Crippen molar-refractivity contribution in [2.24, 2.45) is 0 Å². The van der Waals surface area contributed by atoms with Gasteiger partial charge in [0, 0.05) is 29.1 Å². The van der Waals surface area contributed by atoms with E-state index < -0.39 is 10.0 Å². The highest BCUT2D eigenvalue weighted by molar-refractivity contribution is 7.99. The Hall–Kier alpha value is -0.430. The smallest absolute Gasteiger partial charge is 0.245 e. The van der Waals surface area contributed by atoms with Crippen LogP contribution in [0.3, 0.4) is 0 Å². The van der Waals surface area contributed by atoms with Gasteiger partial charge in [0.15, 0.2) is 0 Å². The number of hydrogen-bond acceptors (Lipinski definition) is 4. The molecule has 1 heterocycles. The predicted molar refractivity (Wildman–Crippen MR) is 76.5 cm³/mol. The van der Waals surface area contributed by atoms with Crippen molar-refractivity contribution in [3.8, 4) is 0 Å². The summed E-state index contributed by atoms with van der Waals surface area (Å²) in [4.78, 5) is 0.144. The molecule has 1 saturated heterocycles. The van der Waals surface area contributed by atoms with Gasteiger partial charge in [-0.15, -0.1) is 0 Å². The van der Waals surface area contributed by atoms with Gasteiger partial charge in [0.25, 0.3) is 0 Å². The molecule has 100 valence electrons. The van der Waals surface area contributed by atoms with Gasteiger partial charge in [0.2, 0.25) is 10.0 Å². The summed E-state index contributed by atoms with van der Waals surface area (Å²) in [6.45, 7) is 2.44. The Morgan fingerprint density at radius 2 is 2.22 bits per heavy atom. The third-order valence-electron chi connectivity index (χ3n) is 2.87. The summed E-state index contributed by atoms with van der Waals surface area (Å²) >= 11 is 7.56. The normalized spacial score (nSPS) is 22.0. The van der Waals surface area contributed by atoms with Crippen LogP contribution in [0, 0.1) is 0 Å². The highest BCUT2D eigenvalue weighted by atomic mass is 35.5. The van der Waals surface area contributed by atoms with Gasteiger partial charge in [0.1, 0.15) is 4.90 Å². The van der Waals surface area contributed by atoms with Crippen molar-refractivity contribution in [3.05, 3.63) is 23.2 Å². The molecule has 2 rings (SSSR count). The number of sulfonamides is 1. The van der Waals surface area contributed by atoms with Crippen LogP contribution in [0.1, 0.15) is 6.92 Å². The maximum absolute atomic E-state index is 12.5. The molecular weight excluding hydrogens is 292 g/mol. The third-order valence-corrected chi connectivity index (χ3v) is 6.38. The molecule has 0 aromatic heterocycles. The van der Waals surface area contributed by atoms with Crippen LogP contribution < -0.4 is 5.73 Å². The van der Waals surface area contributed by atoms with Crippen LogP contribution >= 0.6 is 23.4 Å². The van der Waals surface area contributed by atoms with Crippen LogP contribution in [0.5, 0.6) is 0 Å². The van der Waals surface area contributed by atoms with Gasteiger partial charge in [-0.2, -0.15) is 16.1 Å². The highest BCUT2D eigenvalue weighted by Gasteiger charge is 2.32. The SMILES string of the molecule is CC1CSCCN1S(=O)(=O)c1ccc(Cl)cc1N. The molecule has 0 aliphatic carbocycles. The zero-order chi connectivity index (χ0) is 13.3. The second-order valence-corrected chi connectivity index (χ2v) is 7.67. The lowest BCUT2D eigenvalue weighted by Gasteiger charge is -2.32. The molecule has 1 aromatic rings. The van der Waals surface area contributed by atoms with E-state index in [1.165, 1.54) is 16.4 Å². The molecule has 1 aliphatic heterocycles. The number of benzene rings is 1. The van der Waals surface area contributed by atoms with E-state index in [2.05, 4.69) is 0 Å². The maximum atomic E-state index is 12.5. The van der Waals surface area contributed by atoms with Crippen LogP contribution in [-0.4, -0.2) is 36.8 Å². The molecule has 1 unspecified atom stereocenters. The summed E-state index contributed by atoms with van der Waals surface area (Å²) in [5.41, 5.74) is 5.97. The number of halogens is 1. The quantitative estimate of drug-likeness (QED) is 0.849. The fourth-order valence-electron chi connectivity index (χ4n) is 1.95. The Morgan fingerprint density at radius 1 is 1.50 bits per heavy atom. The van der Waals surface area contributed by atoms with Crippen molar-refractivity contribution >= 4 is 39.1 Å². The summed E-state index contributed by atoms with van der Waals surface area (Å²) in [6, 6.07) is 4.48. The minimum Gasteiger partial charge on any atom is -0.398 e. The van der Waals surface area contributed by atoms with Crippen LogP contribution in [0.15, 0.2) is 23.1 Å². The number of rotatable bonds is 2. The molecule has 0 bridgehead atoms. The van der Waals surface area contributed by atoms with E-state index in [1.807, 2.05) is 6.92 Å². The lowest BCUT2D eigenvalue weighted by atomic mass is 10.3. The molecular formula is C11H15ClN2O2S2. The predicted octanol–water partition coefficient (Wildman–Crippen LogP) is 2.05. The van der Waals surface area contributed by atoms with Crippen LogP contribution in [0.2, 0.25) is 5.02 Å². The molecule has 2 N–H and O–H groups in total. The minimum atomic E-state index is -3.52. The number of nitrogen functional groups attached to an aromatic ring is 1. The highest BCUT2D eigenvalue weighted by Crippen LogP contribution is 2.29. The molecule has 7 heteroatoms. The van der Waals surface area contributed by atoms with E-state index in [4.69, 9.17) is 17.3 Å². The first-order valence-electron chi connectivity index (χ1n) is 5.57. The van der Waals surface area contributed by atoms with Crippen molar-refractivity contribution in [2.45, 2.75) is 17.9 Å². The van der Waals surface area contributed by atoms with Crippen LogP contribution in [0.4, 0.5) is 5.69 Å². The summed E-state index contributed by atoms with van der Waals surface area (Å²) in [5.74, 6) is 1.63. The fourth-order valence-corrected chi connectivity index (χ4v) is 5.08. The van der Waals surface area contributed by atoms with E-state index in [9.17, 15) is 8.42 Å². The molecule has 0 saturated carbocycles. The second-order valence-electron chi connectivity index (χ2n) is 4.22. The molecule has 1 atom stereocenters. The fraction of sp³-hybridized carbons (Fsp3) is 0.455. The zero-order valence-electron chi connectivity index (χ0n) is 9.97. The summed E-state index contributed by atoms with van der Waals surface area (Å²) in [7, 11) is -3.52. The standard InChI is InChI=1S/C11H15ClN2O2S2/c1-8-7-17-5-4-14(8)18(15,16)11-3-2-9(12)6-10(11)13/h2-3,6,8H,4-5,7,13H2,1H3. The van der Waals surface area contributed by atoms with E-state index in [-0.39, 0.29) is 16.6 Å². The van der Waals surface area contributed by atoms with Crippen molar-refractivity contribution in [3.63, 3.8) is 0 Å². The Bertz CT molecular complexity index is 548. The van der Waals surface area contributed by atoms with E-state index >= 15 is 0 Å². The molecule has 1 fully saturated rings. The molecule has 0 spiro atoms. The average molecular weight is 307 g/mol. The topological polar surface area (TPSA) is 63.4 Å². The van der Waals surface area contributed by atoms with Gasteiger partial charge in [0.05, 0.1) is 5.69 Å². The molecule has 0 amide bonds. The Morgan fingerprint density at radius 3 is 2.83 bits per heavy atom. The molecule has 4 nitrogen and oxygen atoms in total. The van der Waals surface area contributed by atoms with Crippen LogP contribution in [-0.2, 0) is 10.0 Å². The molecule has 1 aromatic carbocycles. The number of nitrogens with two attached hydrogens (primary N) is 1. The first kappa shape index (κ1) is 14.0. The van der Waals surface area contributed by atoms with Crippen LogP contribution in [0.25, 0.3) is 0 Å². The first-order valence-corrected chi connectivity index (χ1v) is 8.55. The van der Waals surface area contributed by atoms with Crippen molar-refractivity contribution < 1.29 is 8.42 Å². The molecule has 18 heavy (non-hydrogen) atoms. The van der Waals surface area contributed by atoms with E-state index in [0.29, 0.717) is 11.6 Å². The molecule has 0 radical (unpaired) electrons. The average Bonchev–Trinajstić information content (AvgIpc) is 2.28.